The summed E-state index contributed by atoms with van der Waals surface area (Å²) < 4.78 is 81.8. The van der Waals surface area contributed by atoms with Gasteiger partial charge in [-0.05, 0) is 18.9 Å². The Labute approximate surface area is 206 Å². The summed E-state index contributed by atoms with van der Waals surface area (Å²) in [5, 5.41) is 3.20. The predicted octanol–water partition coefficient (Wildman–Crippen LogP) is 5.66. The number of amides is 1. The second kappa shape index (κ2) is 9.68. The average molecular weight is 530 g/mol. The molecule has 0 spiro atoms. The van der Waals surface area contributed by atoms with Gasteiger partial charge in [0, 0.05) is 30.9 Å². The molecule has 2 atom stereocenters. The fourth-order valence-corrected chi connectivity index (χ4v) is 5.11. The van der Waals surface area contributed by atoms with Gasteiger partial charge in [-0.3, -0.25) is 4.79 Å². The van der Waals surface area contributed by atoms with Crippen LogP contribution in [0.2, 0.25) is 0 Å². The third kappa shape index (κ3) is 5.45. The summed E-state index contributed by atoms with van der Waals surface area (Å²) in [4.78, 5) is 26.3. The lowest BCUT2D eigenvalue weighted by atomic mass is 9.88. The monoisotopic (exact) mass is 529 g/mol. The van der Waals surface area contributed by atoms with Crippen LogP contribution in [0.1, 0.15) is 34.4 Å². The fourth-order valence-electron chi connectivity index (χ4n) is 4.18. The third-order valence-corrected chi connectivity index (χ3v) is 6.85. The number of alkyl halides is 5. The molecule has 1 fully saturated rings. The molecular formula is C23H21F6N5OS. The molecule has 1 N–H and O–H groups in total. The zero-order valence-corrected chi connectivity index (χ0v) is 19.9. The van der Waals surface area contributed by atoms with Crippen molar-refractivity contribution >= 4 is 23.2 Å². The normalized spacial score (nSPS) is 19.8. The highest BCUT2D eigenvalue weighted by Gasteiger charge is 2.47. The van der Waals surface area contributed by atoms with Crippen molar-refractivity contribution in [1.82, 2.24) is 19.9 Å². The molecule has 1 amide bonds. The first kappa shape index (κ1) is 25.9. The number of rotatable bonds is 5. The van der Waals surface area contributed by atoms with E-state index in [2.05, 4.69) is 20.3 Å². The van der Waals surface area contributed by atoms with E-state index in [1.165, 1.54) is 18.2 Å². The third-order valence-electron chi connectivity index (χ3n) is 5.84. The molecule has 1 aliphatic heterocycles. The van der Waals surface area contributed by atoms with Gasteiger partial charge in [-0.2, -0.15) is 13.2 Å². The maximum absolute atomic E-state index is 14.5. The molecule has 3 aromatic rings. The molecule has 2 aromatic heterocycles. The second-order valence-corrected chi connectivity index (χ2v) is 9.81. The molecule has 1 aromatic carbocycles. The maximum Gasteiger partial charge on any atom is 0.419 e. The standard InChI is InChI=1S/C23H21F6N5OS/c1-12-7-22(25,26)11-34(17(12)10-32-21-30-8-14(9-31-21)23(27,28)29)20(35)18-19(36-13(2)33-18)15-5-3-4-6-16(15)24/h3-6,8-9,12,17H,7,10-11H2,1-2H3,(H,30,31,32)/t12-,17-/m1/s1. The summed E-state index contributed by atoms with van der Waals surface area (Å²) in [7, 11) is 0. The Morgan fingerprint density at radius 2 is 1.89 bits per heavy atom. The Kier molecular flexibility index (Phi) is 6.95. The number of aryl methyl sites for hydroxylation is 1. The van der Waals surface area contributed by atoms with Gasteiger partial charge in [0.1, 0.15) is 11.5 Å². The summed E-state index contributed by atoms with van der Waals surface area (Å²) in [6, 6.07) is 5.01. The van der Waals surface area contributed by atoms with Crippen molar-refractivity contribution in [2.24, 2.45) is 5.92 Å². The number of hydrogen-bond donors (Lipinski definition) is 1. The number of thiazole rings is 1. The molecule has 0 radical (unpaired) electrons. The number of benzene rings is 1. The van der Waals surface area contributed by atoms with Crippen molar-refractivity contribution in [3.8, 4) is 10.4 Å². The van der Waals surface area contributed by atoms with Crippen LogP contribution in [0.5, 0.6) is 0 Å². The van der Waals surface area contributed by atoms with E-state index in [1.807, 2.05) is 0 Å². The second-order valence-electron chi connectivity index (χ2n) is 8.60. The van der Waals surface area contributed by atoms with Crippen molar-refractivity contribution in [3.05, 3.63) is 58.7 Å². The van der Waals surface area contributed by atoms with Gasteiger partial charge in [0.05, 0.1) is 28.0 Å². The van der Waals surface area contributed by atoms with Gasteiger partial charge in [0.2, 0.25) is 5.95 Å². The number of likely N-dealkylation sites (tertiary alicyclic amines) is 1. The first-order valence-electron chi connectivity index (χ1n) is 10.9. The van der Waals surface area contributed by atoms with Gasteiger partial charge < -0.3 is 10.2 Å². The molecule has 0 aliphatic carbocycles. The number of carbonyl (C=O) groups excluding carboxylic acids is 1. The number of halogens is 6. The van der Waals surface area contributed by atoms with Crippen LogP contribution in [0, 0.1) is 18.7 Å². The lowest BCUT2D eigenvalue weighted by Crippen LogP contribution is -2.57. The molecule has 0 unspecified atom stereocenters. The average Bonchev–Trinajstić information content (AvgIpc) is 3.18. The van der Waals surface area contributed by atoms with Crippen LogP contribution in [-0.4, -0.2) is 50.8 Å². The molecule has 0 saturated carbocycles. The Balaban J connectivity index is 1.62. The highest BCUT2D eigenvalue weighted by atomic mass is 32.1. The van der Waals surface area contributed by atoms with Gasteiger partial charge in [-0.25, -0.2) is 28.1 Å². The first-order chi connectivity index (χ1) is 16.9. The quantitative estimate of drug-likeness (QED) is 0.432. The van der Waals surface area contributed by atoms with Crippen LogP contribution in [0.4, 0.5) is 32.3 Å². The highest BCUT2D eigenvalue weighted by molar-refractivity contribution is 7.15. The summed E-state index contributed by atoms with van der Waals surface area (Å²) in [6.07, 6.45) is -3.88. The van der Waals surface area contributed by atoms with Crippen LogP contribution < -0.4 is 5.32 Å². The molecule has 0 bridgehead atoms. The molecule has 1 saturated heterocycles. The van der Waals surface area contributed by atoms with Crippen LogP contribution >= 0.6 is 11.3 Å². The summed E-state index contributed by atoms with van der Waals surface area (Å²) in [5.41, 5.74) is -1.03. The number of nitrogens with zero attached hydrogens (tertiary/aromatic N) is 4. The molecule has 36 heavy (non-hydrogen) atoms. The minimum atomic E-state index is -4.60. The van der Waals surface area contributed by atoms with Crippen LogP contribution in [0.25, 0.3) is 10.4 Å². The predicted molar refractivity (Wildman–Crippen MR) is 121 cm³/mol. The van der Waals surface area contributed by atoms with Crippen molar-refractivity contribution in [2.75, 3.05) is 18.4 Å². The van der Waals surface area contributed by atoms with Crippen molar-refractivity contribution in [2.45, 2.75) is 38.4 Å². The van der Waals surface area contributed by atoms with E-state index in [9.17, 15) is 31.1 Å². The molecule has 3 heterocycles. The Morgan fingerprint density at radius 3 is 2.53 bits per heavy atom. The van der Waals surface area contributed by atoms with Crippen LogP contribution in [0.3, 0.4) is 0 Å². The SMILES string of the molecule is Cc1nc(C(=O)N2CC(F)(F)C[C@@H](C)[C@H]2CNc2ncc(C(F)(F)F)cn2)c(-c2ccccc2F)s1. The smallest absolute Gasteiger partial charge is 0.352 e. The molecule has 13 heteroatoms. The lowest BCUT2D eigenvalue weighted by Gasteiger charge is -2.43. The Morgan fingerprint density at radius 1 is 1.22 bits per heavy atom. The van der Waals surface area contributed by atoms with Gasteiger partial charge in [-0.15, -0.1) is 11.3 Å². The zero-order chi connectivity index (χ0) is 26.3. The fraction of sp³-hybridized carbons (Fsp3) is 0.391. The summed E-state index contributed by atoms with van der Waals surface area (Å²) in [5.74, 6) is -5.36. The number of aromatic nitrogens is 3. The number of anilines is 1. The van der Waals surface area contributed by atoms with E-state index < -0.39 is 54.3 Å². The lowest BCUT2D eigenvalue weighted by molar-refractivity contribution is -0.138. The minimum absolute atomic E-state index is 0.0908. The van der Waals surface area contributed by atoms with Crippen molar-refractivity contribution in [1.29, 1.82) is 0 Å². The Bertz CT molecular complexity index is 1250. The van der Waals surface area contributed by atoms with Crippen molar-refractivity contribution in [3.63, 3.8) is 0 Å². The van der Waals surface area contributed by atoms with Gasteiger partial charge in [0.15, 0.2) is 0 Å². The Hall–Kier alpha value is -3.22. The number of hydrogen-bond acceptors (Lipinski definition) is 6. The number of piperidine rings is 1. The highest BCUT2D eigenvalue weighted by Crippen LogP contribution is 2.38. The van der Waals surface area contributed by atoms with E-state index >= 15 is 0 Å². The van der Waals surface area contributed by atoms with E-state index in [-0.39, 0.29) is 28.6 Å². The topological polar surface area (TPSA) is 71.0 Å². The number of carbonyl (C=O) groups is 1. The molecular weight excluding hydrogens is 508 g/mol. The van der Waals surface area contributed by atoms with Crippen LogP contribution in [-0.2, 0) is 6.18 Å². The minimum Gasteiger partial charge on any atom is -0.352 e. The van der Waals surface area contributed by atoms with Crippen LogP contribution in [0.15, 0.2) is 36.7 Å². The van der Waals surface area contributed by atoms with Crippen molar-refractivity contribution < 1.29 is 31.1 Å². The van der Waals surface area contributed by atoms with E-state index in [0.717, 1.165) is 16.2 Å². The van der Waals surface area contributed by atoms with Gasteiger partial charge in [0.25, 0.3) is 11.8 Å². The molecule has 1 aliphatic rings. The largest absolute Gasteiger partial charge is 0.419 e. The van der Waals surface area contributed by atoms with Gasteiger partial charge in [-0.1, -0.05) is 25.1 Å². The summed E-state index contributed by atoms with van der Waals surface area (Å²) >= 11 is 1.08. The van der Waals surface area contributed by atoms with E-state index in [0.29, 0.717) is 17.4 Å². The van der Waals surface area contributed by atoms with E-state index in [1.54, 1.807) is 19.9 Å². The molecule has 6 nitrogen and oxygen atoms in total. The molecule has 4 rings (SSSR count). The van der Waals surface area contributed by atoms with E-state index in [4.69, 9.17) is 0 Å². The molecule has 192 valence electrons. The zero-order valence-electron chi connectivity index (χ0n) is 19.1. The number of nitrogens with one attached hydrogen (secondary N) is 1. The first-order valence-corrected chi connectivity index (χ1v) is 11.7. The summed E-state index contributed by atoms with van der Waals surface area (Å²) in [6.45, 7) is 2.20. The van der Waals surface area contributed by atoms with Gasteiger partial charge >= 0.3 is 6.18 Å². The maximum atomic E-state index is 14.5.